The van der Waals surface area contributed by atoms with Crippen LogP contribution in [0.3, 0.4) is 0 Å². The predicted molar refractivity (Wildman–Crippen MR) is 126 cm³/mol. The van der Waals surface area contributed by atoms with Crippen LogP contribution < -0.4 is 20.9 Å². The summed E-state index contributed by atoms with van der Waals surface area (Å²) in [5.41, 5.74) is 2.15. The summed E-state index contributed by atoms with van der Waals surface area (Å²) in [6.07, 6.45) is 2.33. The zero-order valence-corrected chi connectivity index (χ0v) is 18.8. The number of carbonyl (C=O) groups excluding carboxylic acids is 2. The van der Waals surface area contributed by atoms with E-state index in [0.29, 0.717) is 18.0 Å². The van der Waals surface area contributed by atoms with Crippen molar-refractivity contribution in [2.75, 3.05) is 18.5 Å². The molecule has 0 radical (unpaired) electrons. The Morgan fingerprint density at radius 2 is 1.79 bits per heavy atom. The molecule has 0 spiro atoms. The number of hydrogen-bond acceptors (Lipinski definition) is 6. The van der Waals surface area contributed by atoms with Crippen molar-refractivity contribution in [3.8, 4) is 5.75 Å². The summed E-state index contributed by atoms with van der Waals surface area (Å²) in [5, 5.41) is 5.88. The summed E-state index contributed by atoms with van der Waals surface area (Å²) < 4.78 is 6.89. The minimum atomic E-state index is -0.344. The molecule has 0 saturated heterocycles. The molecule has 0 aliphatic heterocycles. The Kier molecular flexibility index (Phi) is 8.35. The molecule has 8 nitrogen and oxygen atoms in total. The van der Waals surface area contributed by atoms with Crippen LogP contribution in [-0.4, -0.2) is 34.4 Å². The van der Waals surface area contributed by atoms with Gasteiger partial charge in [-0.15, -0.1) is 0 Å². The average molecular weight is 449 g/mol. The topological polar surface area (TPSA) is 102 Å². The molecule has 1 aromatic heterocycles. The lowest BCUT2D eigenvalue weighted by Crippen LogP contribution is -2.34. The first-order chi connectivity index (χ1) is 15.9. The largest absolute Gasteiger partial charge is 0.485 e. The zero-order valence-electron chi connectivity index (χ0n) is 18.8. The van der Waals surface area contributed by atoms with E-state index in [9.17, 15) is 14.4 Å². The van der Waals surface area contributed by atoms with E-state index >= 15 is 0 Å². The van der Waals surface area contributed by atoms with Gasteiger partial charge < -0.3 is 15.4 Å². The maximum absolute atomic E-state index is 12.9. The van der Waals surface area contributed by atoms with Crippen molar-refractivity contribution in [3.63, 3.8) is 0 Å². The van der Waals surface area contributed by atoms with E-state index < -0.39 is 0 Å². The van der Waals surface area contributed by atoms with E-state index in [2.05, 4.69) is 15.6 Å². The Morgan fingerprint density at radius 3 is 2.55 bits per heavy atom. The highest BCUT2D eigenvalue weighted by molar-refractivity contribution is 5.77. The first-order valence-corrected chi connectivity index (χ1v) is 10.7. The summed E-state index contributed by atoms with van der Waals surface area (Å²) in [7, 11) is 0. The van der Waals surface area contributed by atoms with Crippen LogP contribution in [-0.2, 0) is 29.1 Å². The SMILES string of the molecule is CC(=O)COc1ccccc1CNC(=O)Cn1c(C)cnc(NCCc2ccccc2)c1=O. The normalized spacial score (nSPS) is 10.5. The van der Waals surface area contributed by atoms with E-state index in [-0.39, 0.29) is 42.8 Å². The van der Waals surface area contributed by atoms with Gasteiger partial charge in [0.25, 0.3) is 5.56 Å². The Hall–Kier alpha value is -3.94. The molecule has 0 atom stereocenters. The molecule has 0 saturated carbocycles. The third-order valence-corrected chi connectivity index (χ3v) is 4.98. The molecule has 0 fully saturated rings. The van der Waals surface area contributed by atoms with Gasteiger partial charge in [-0.1, -0.05) is 48.5 Å². The Bertz CT molecular complexity index is 1160. The highest BCUT2D eigenvalue weighted by Crippen LogP contribution is 2.17. The number of hydrogen-bond donors (Lipinski definition) is 2. The molecule has 0 bridgehead atoms. The standard InChI is InChI=1S/C25H28N4O4/c1-18-14-28-24(26-13-12-20-8-4-3-5-9-20)25(32)29(18)16-23(31)27-15-21-10-6-7-11-22(21)33-17-19(2)30/h3-11,14H,12-13,15-17H2,1-2H3,(H,26,28)(H,27,31). The Morgan fingerprint density at radius 1 is 1.06 bits per heavy atom. The number of amides is 1. The van der Waals surface area contributed by atoms with Gasteiger partial charge in [-0.25, -0.2) is 4.98 Å². The van der Waals surface area contributed by atoms with Crippen LogP contribution in [0.25, 0.3) is 0 Å². The van der Waals surface area contributed by atoms with Gasteiger partial charge >= 0.3 is 0 Å². The minimum absolute atomic E-state index is 0.0311. The molecular weight excluding hydrogens is 420 g/mol. The number of rotatable bonds is 11. The lowest BCUT2D eigenvalue weighted by atomic mass is 10.1. The number of carbonyl (C=O) groups is 2. The summed E-state index contributed by atoms with van der Waals surface area (Å²) in [6.45, 7) is 3.80. The smallest absolute Gasteiger partial charge is 0.293 e. The van der Waals surface area contributed by atoms with E-state index in [1.165, 1.54) is 11.5 Å². The van der Waals surface area contributed by atoms with Gasteiger partial charge in [-0.05, 0) is 31.9 Å². The van der Waals surface area contributed by atoms with Crippen LogP contribution in [0.5, 0.6) is 5.75 Å². The molecule has 1 amide bonds. The number of aryl methyl sites for hydroxylation is 1. The van der Waals surface area contributed by atoms with Crippen LogP contribution in [0.15, 0.2) is 65.6 Å². The van der Waals surface area contributed by atoms with Crippen molar-refractivity contribution in [3.05, 3.63) is 88.0 Å². The van der Waals surface area contributed by atoms with Crippen LogP contribution >= 0.6 is 0 Å². The maximum Gasteiger partial charge on any atom is 0.293 e. The predicted octanol–water partition coefficient (Wildman–Crippen LogP) is 2.49. The number of para-hydroxylation sites is 1. The number of aromatic nitrogens is 2. The van der Waals surface area contributed by atoms with Gasteiger partial charge in [-0.2, -0.15) is 0 Å². The lowest BCUT2D eigenvalue weighted by molar-refractivity contribution is -0.122. The molecule has 2 N–H and O–H groups in total. The highest BCUT2D eigenvalue weighted by Gasteiger charge is 2.12. The number of nitrogens with zero attached hydrogens (tertiary/aromatic N) is 2. The van der Waals surface area contributed by atoms with Gasteiger partial charge in [0.05, 0.1) is 0 Å². The third kappa shape index (κ3) is 7.03. The minimum Gasteiger partial charge on any atom is -0.485 e. The molecule has 3 rings (SSSR count). The van der Waals surface area contributed by atoms with Crippen LogP contribution in [0.1, 0.15) is 23.7 Å². The van der Waals surface area contributed by atoms with Gasteiger partial charge in [0, 0.05) is 30.5 Å². The van der Waals surface area contributed by atoms with Crippen LogP contribution in [0.2, 0.25) is 0 Å². The van der Waals surface area contributed by atoms with Crippen LogP contribution in [0, 0.1) is 6.92 Å². The molecule has 8 heteroatoms. The van der Waals surface area contributed by atoms with Gasteiger partial charge in [0.15, 0.2) is 11.6 Å². The molecule has 1 heterocycles. The number of anilines is 1. The maximum atomic E-state index is 12.9. The molecule has 0 unspecified atom stereocenters. The van der Waals surface area contributed by atoms with Crippen molar-refractivity contribution in [1.82, 2.24) is 14.9 Å². The molecule has 0 aliphatic carbocycles. The second kappa shape index (κ2) is 11.6. The van der Waals surface area contributed by atoms with Crippen LogP contribution in [0.4, 0.5) is 5.82 Å². The van der Waals surface area contributed by atoms with Gasteiger partial charge in [-0.3, -0.25) is 19.0 Å². The number of ketones is 1. The second-order valence-electron chi connectivity index (χ2n) is 7.68. The second-order valence-corrected chi connectivity index (χ2v) is 7.68. The third-order valence-electron chi connectivity index (χ3n) is 4.98. The molecule has 172 valence electrons. The average Bonchev–Trinajstić information content (AvgIpc) is 2.81. The van der Waals surface area contributed by atoms with Crippen molar-refractivity contribution in [1.29, 1.82) is 0 Å². The summed E-state index contributed by atoms with van der Waals surface area (Å²) in [5.74, 6) is 0.347. The number of Topliss-reactive ketones (excluding diaryl/α,β-unsaturated/α-hetero) is 1. The van der Waals surface area contributed by atoms with Crippen molar-refractivity contribution in [2.45, 2.75) is 33.4 Å². The summed E-state index contributed by atoms with van der Waals surface area (Å²) in [6, 6.07) is 17.1. The highest BCUT2D eigenvalue weighted by atomic mass is 16.5. The van der Waals surface area contributed by atoms with Gasteiger partial charge in [0.1, 0.15) is 18.9 Å². The molecule has 3 aromatic rings. The molecule has 2 aromatic carbocycles. The molecule has 33 heavy (non-hydrogen) atoms. The fourth-order valence-electron chi connectivity index (χ4n) is 3.22. The van der Waals surface area contributed by atoms with E-state index in [0.717, 1.165) is 17.5 Å². The zero-order chi connectivity index (χ0) is 23.6. The molecule has 0 aliphatic rings. The lowest BCUT2D eigenvalue weighted by Gasteiger charge is -2.14. The molecular formula is C25H28N4O4. The van der Waals surface area contributed by atoms with E-state index in [4.69, 9.17) is 4.74 Å². The quantitative estimate of drug-likeness (QED) is 0.467. The van der Waals surface area contributed by atoms with Crippen molar-refractivity contribution < 1.29 is 14.3 Å². The summed E-state index contributed by atoms with van der Waals surface area (Å²) in [4.78, 5) is 40.8. The number of ether oxygens (including phenoxy) is 1. The van der Waals surface area contributed by atoms with Crippen molar-refractivity contribution >= 4 is 17.5 Å². The number of nitrogens with one attached hydrogen (secondary N) is 2. The Labute approximate surface area is 192 Å². The fraction of sp³-hybridized carbons (Fsp3) is 0.280. The van der Waals surface area contributed by atoms with Gasteiger partial charge in [0.2, 0.25) is 5.91 Å². The van der Waals surface area contributed by atoms with E-state index in [1.807, 2.05) is 42.5 Å². The monoisotopic (exact) mass is 448 g/mol. The number of benzene rings is 2. The first-order valence-electron chi connectivity index (χ1n) is 10.7. The van der Waals surface area contributed by atoms with Crippen molar-refractivity contribution in [2.24, 2.45) is 0 Å². The Balaban J connectivity index is 1.60. The summed E-state index contributed by atoms with van der Waals surface area (Å²) >= 11 is 0. The fourth-order valence-corrected chi connectivity index (χ4v) is 3.22. The first kappa shape index (κ1) is 23.7. The van der Waals surface area contributed by atoms with E-state index in [1.54, 1.807) is 25.3 Å².